The van der Waals surface area contributed by atoms with Crippen LogP contribution in [0.15, 0.2) is 46.9 Å². The van der Waals surface area contributed by atoms with Crippen molar-refractivity contribution in [1.82, 2.24) is 0 Å². The molecule has 0 fully saturated rings. The van der Waals surface area contributed by atoms with Gasteiger partial charge in [0.05, 0.1) is 12.5 Å². The van der Waals surface area contributed by atoms with Crippen molar-refractivity contribution in [1.29, 1.82) is 0 Å². The van der Waals surface area contributed by atoms with Gasteiger partial charge in [-0.2, -0.15) is 0 Å². The zero-order chi connectivity index (χ0) is 13.8. The summed E-state index contributed by atoms with van der Waals surface area (Å²) in [5.74, 6) is 0.797. The first-order valence-corrected chi connectivity index (χ1v) is 7.43. The number of hydrogen-bond donors (Lipinski definition) is 0. The molecule has 0 aliphatic rings. The van der Waals surface area contributed by atoms with E-state index >= 15 is 0 Å². The van der Waals surface area contributed by atoms with E-state index in [4.69, 9.17) is 27.9 Å². The number of ether oxygens (including phenoxy) is 1. The van der Waals surface area contributed by atoms with E-state index in [1.54, 1.807) is 7.11 Å². The zero-order valence-electron chi connectivity index (χ0n) is 10.4. The van der Waals surface area contributed by atoms with Gasteiger partial charge < -0.3 is 4.74 Å². The summed E-state index contributed by atoms with van der Waals surface area (Å²) in [6.45, 7) is 0. The summed E-state index contributed by atoms with van der Waals surface area (Å²) in [6.07, 6.45) is 0.703. The molecule has 2 aromatic rings. The molecule has 2 aromatic carbocycles. The second kappa shape index (κ2) is 6.65. The molecule has 0 bridgehead atoms. The molecule has 1 nitrogen and oxygen atoms in total. The van der Waals surface area contributed by atoms with Gasteiger partial charge in [0, 0.05) is 15.1 Å². The number of halogens is 3. The summed E-state index contributed by atoms with van der Waals surface area (Å²) < 4.78 is 6.34. The van der Waals surface area contributed by atoms with Crippen LogP contribution in [0.4, 0.5) is 0 Å². The highest BCUT2D eigenvalue weighted by Gasteiger charge is 2.15. The Morgan fingerprint density at radius 3 is 2.68 bits per heavy atom. The Labute approximate surface area is 131 Å². The van der Waals surface area contributed by atoms with E-state index in [1.165, 1.54) is 0 Å². The predicted molar refractivity (Wildman–Crippen MR) is 84.4 cm³/mol. The molecule has 0 heterocycles. The van der Waals surface area contributed by atoms with E-state index in [0.29, 0.717) is 6.42 Å². The number of alkyl halides is 1. The number of benzene rings is 2. The minimum atomic E-state index is -0.161. The van der Waals surface area contributed by atoms with Crippen LogP contribution in [-0.2, 0) is 6.42 Å². The van der Waals surface area contributed by atoms with Crippen LogP contribution in [0.3, 0.4) is 0 Å². The molecule has 4 heteroatoms. The molecule has 1 unspecified atom stereocenters. The van der Waals surface area contributed by atoms with Gasteiger partial charge in [-0.1, -0.05) is 39.7 Å². The predicted octanol–water partition coefficient (Wildman–Crippen LogP) is 5.63. The van der Waals surface area contributed by atoms with Crippen molar-refractivity contribution >= 4 is 39.1 Å². The molecule has 1 atom stereocenters. The molecule has 19 heavy (non-hydrogen) atoms. The lowest BCUT2D eigenvalue weighted by Crippen LogP contribution is -1.99. The van der Waals surface area contributed by atoms with E-state index in [9.17, 15) is 0 Å². The average molecular weight is 360 g/mol. The molecule has 0 saturated heterocycles. The van der Waals surface area contributed by atoms with Crippen LogP contribution in [-0.4, -0.2) is 7.11 Å². The molecule has 0 aliphatic carbocycles. The fourth-order valence-corrected chi connectivity index (χ4v) is 2.87. The van der Waals surface area contributed by atoms with E-state index in [0.717, 1.165) is 26.4 Å². The minimum Gasteiger partial charge on any atom is -0.496 e. The molecular weight excluding hydrogens is 347 g/mol. The largest absolute Gasteiger partial charge is 0.496 e. The van der Waals surface area contributed by atoms with Crippen LogP contribution >= 0.6 is 39.1 Å². The molecule has 2 rings (SSSR count). The summed E-state index contributed by atoms with van der Waals surface area (Å²) >= 11 is 15.9. The summed E-state index contributed by atoms with van der Waals surface area (Å²) in [7, 11) is 1.65. The maximum Gasteiger partial charge on any atom is 0.123 e. The van der Waals surface area contributed by atoms with Gasteiger partial charge in [0.15, 0.2) is 0 Å². The standard InChI is InChI=1S/C15H13BrCl2O/c1-19-15-6-5-11(16)9-13(15)14(18)8-10-3-2-4-12(17)7-10/h2-7,9,14H,8H2,1H3. The lowest BCUT2D eigenvalue weighted by molar-refractivity contribution is 0.409. The highest BCUT2D eigenvalue weighted by molar-refractivity contribution is 9.10. The van der Waals surface area contributed by atoms with Crippen molar-refractivity contribution in [3.8, 4) is 5.75 Å². The third-order valence-electron chi connectivity index (χ3n) is 2.83. The maximum atomic E-state index is 6.51. The van der Waals surface area contributed by atoms with Gasteiger partial charge >= 0.3 is 0 Å². The van der Waals surface area contributed by atoms with E-state index in [-0.39, 0.29) is 5.38 Å². The Morgan fingerprint density at radius 1 is 1.21 bits per heavy atom. The molecule has 0 spiro atoms. The first-order chi connectivity index (χ1) is 9.10. The summed E-state index contributed by atoms with van der Waals surface area (Å²) in [6, 6.07) is 13.6. The van der Waals surface area contributed by atoms with E-state index in [2.05, 4.69) is 15.9 Å². The van der Waals surface area contributed by atoms with Crippen LogP contribution in [0.2, 0.25) is 5.02 Å². The third-order valence-corrected chi connectivity index (χ3v) is 3.95. The van der Waals surface area contributed by atoms with Gasteiger partial charge in [0.2, 0.25) is 0 Å². The fourth-order valence-electron chi connectivity index (χ4n) is 1.93. The monoisotopic (exact) mass is 358 g/mol. The Balaban J connectivity index is 2.24. The lowest BCUT2D eigenvalue weighted by Gasteiger charge is -2.14. The quantitative estimate of drug-likeness (QED) is 0.642. The highest BCUT2D eigenvalue weighted by atomic mass is 79.9. The van der Waals surface area contributed by atoms with Gasteiger partial charge in [0.25, 0.3) is 0 Å². The molecular formula is C15H13BrCl2O. The van der Waals surface area contributed by atoms with E-state index in [1.807, 2.05) is 42.5 Å². The second-order valence-electron chi connectivity index (χ2n) is 4.19. The van der Waals surface area contributed by atoms with Gasteiger partial charge in [-0.05, 0) is 42.3 Å². The van der Waals surface area contributed by atoms with Crippen LogP contribution in [0.25, 0.3) is 0 Å². The van der Waals surface area contributed by atoms with Gasteiger partial charge in [-0.3, -0.25) is 0 Å². The first-order valence-electron chi connectivity index (χ1n) is 5.82. The molecule has 0 saturated carbocycles. The van der Waals surface area contributed by atoms with E-state index < -0.39 is 0 Å². The average Bonchev–Trinajstić information content (AvgIpc) is 2.38. The molecule has 0 aromatic heterocycles. The fraction of sp³-hybridized carbons (Fsp3) is 0.200. The Morgan fingerprint density at radius 2 is 2.00 bits per heavy atom. The lowest BCUT2D eigenvalue weighted by atomic mass is 10.0. The Hall–Kier alpha value is -0.700. The number of hydrogen-bond acceptors (Lipinski definition) is 1. The second-order valence-corrected chi connectivity index (χ2v) is 6.07. The summed E-state index contributed by atoms with van der Waals surface area (Å²) in [5.41, 5.74) is 2.08. The number of methoxy groups -OCH3 is 1. The molecule has 0 radical (unpaired) electrons. The molecule has 0 amide bonds. The minimum absolute atomic E-state index is 0.161. The highest BCUT2D eigenvalue weighted by Crippen LogP contribution is 2.34. The van der Waals surface area contributed by atoms with Crippen molar-refractivity contribution in [2.24, 2.45) is 0 Å². The van der Waals surface area contributed by atoms with Gasteiger partial charge in [-0.25, -0.2) is 0 Å². The zero-order valence-corrected chi connectivity index (χ0v) is 13.5. The summed E-state index contributed by atoms with van der Waals surface area (Å²) in [4.78, 5) is 0. The van der Waals surface area contributed by atoms with Crippen molar-refractivity contribution in [3.63, 3.8) is 0 Å². The first kappa shape index (κ1) is 14.7. The van der Waals surface area contributed by atoms with Crippen molar-refractivity contribution in [2.45, 2.75) is 11.8 Å². The van der Waals surface area contributed by atoms with Gasteiger partial charge in [0.1, 0.15) is 5.75 Å². The Bertz CT molecular complexity index is 572. The normalized spacial score (nSPS) is 12.2. The maximum absolute atomic E-state index is 6.51. The van der Waals surface area contributed by atoms with Crippen molar-refractivity contribution < 1.29 is 4.74 Å². The SMILES string of the molecule is COc1ccc(Br)cc1C(Cl)Cc1cccc(Cl)c1. The third kappa shape index (κ3) is 3.88. The van der Waals surface area contributed by atoms with Crippen LogP contribution < -0.4 is 4.74 Å². The van der Waals surface area contributed by atoms with Crippen molar-refractivity contribution in [3.05, 3.63) is 63.1 Å². The van der Waals surface area contributed by atoms with Crippen molar-refractivity contribution in [2.75, 3.05) is 7.11 Å². The molecule has 100 valence electrons. The molecule has 0 aliphatic heterocycles. The Kier molecular flexibility index (Phi) is 5.14. The smallest absolute Gasteiger partial charge is 0.123 e. The van der Waals surface area contributed by atoms with Crippen LogP contribution in [0.1, 0.15) is 16.5 Å². The number of rotatable bonds is 4. The molecule has 0 N–H and O–H groups in total. The summed E-state index contributed by atoms with van der Waals surface area (Å²) in [5, 5.41) is 0.563. The van der Waals surface area contributed by atoms with Crippen LogP contribution in [0, 0.1) is 0 Å². The topological polar surface area (TPSA) is 9.23 Å². The van der Waals surface area contributed by atoms with Gasteiger partial charge in [-0.15, -0.1) is 11.6 Å². The van der Waals surface area contributed by atoms with Crippen LogP contribution in [0.5, 0.6) is 5.75 Å².